The molecule has 0 rings (SSSR count). The highest BCUT2D eigenvalue weighted by Gasteiger charge is 2.14. The second kappa shape index (κ2) is 9.79. The summed E-state index contributed by atoms with van der Waals surface area (Å²) in [5.74, 6) is 0.0308. The quantitative estimate of drug-likeness (QED) is 0.238. The second-order valence-electron chi connectivity index (χ2n) is 2.99. The fourth-order valence-electron chi connectivity index (χ4n) is 1.00. The minimum Gasteiger partial charge on any atom is -0.480 e. The topological polar surface area (TPSA) is 87.7 Å². The van der Waals surface area contributed by atoms with E-state index in [1.54, 1.807) is 0 Å². The predicted octanol–water partition coefficient (Wildman–Crippen LogP) is 0.855. The zero-order valence-corrected chi connectivity index (χ0v) is 9.80. The molecule has 0 aliphatic heterocycles. The molecule has 4 N–H and O–H groups in total. The first-order chi connectivity index (χ1) is 7.22. The van der Waals surface area contributed by atoms with Crippen LogP contribution in [-0.4, -0.2) is 35.8 Å². The lowest BCUT2D eigenvalue weighted by atomic mass is 10.1. The summed E-state index contributed by atoms with van der Waals surface area (Å²) in [6.07, 6.45) is 3.70. The maximum absolute atomic E-state index is 10.8. The maximum atomic E-state index is 10.8. The third kappa shape index (κ3) is 8.26. The average molecular weight is 233 g/mol. The molecule has 15 heavy (non-hydrogen) atoms. The van der Waals surface area contributed by atoms with Gasteiger partial charge in [-0.15, -0.1) is 0 Å². The van der Waals surface area contributed by atoms with Gasteiger partial charge in [0.15, 0.2) is 0 Å². The molecular weight excluding hydrogens is 214 g/mol. The Kier molecular flexibility index (Phi) is 9.30. The van der Waals surface area contributed by atoms with Crippen LogP contribution in [0.1, 0.15) is 26.2 Å². The number of carboxylic acid groups (broad SMARTS) is 1. The molecule has 0 aliphatic carbocycles. The van der Waals surface area contributed by atoms with Crippen LogP contribution in [0.2, 0.25) is 0 Å². The van der Waals surface area contributed by atoms with Crippen molar-refractivity contribution < 1.29 is 9.90 Å². The van der Waals surface area contributed by atoms with Crippen LogP contribution in [0.15, 0.2) is 4.40 Å². The van der Waals surface area contributed by atoms with Crippen molar-refractivity contribution in [2.45, 2.75) is 32.2 Å². The molecule has 0 amide bonds. The van der Waals surface area contributed by atoms with Crippen molar-refractivity contribution in [1.29, 1.82) is 0 Å². The molecular formula is C9H19N3O2S. The molecule has 0 unspecified atom stereocenters. The van der Waals surface area contributed by atoms with Crippen molar-refractivity contribution in [2.24, 2.45) is 10.1 Å². The third-order valence-corrected chi connectivity index (χ3v) is 2.29. The monoisotopic (exact) mass is 233 g/mol. The molecule has 0 aromatic carbocycles. The number of carbonyl (C=O) groups is 1. The molecule has 0 aromatic heterocycles. The Hall–Kier alpha value is -0.750. The van der Waals surface area contributed by atoms with E-state index in [1.165, 1.54) is 18.3 Å². The molecule has 6 heteroatoms. The van der Waals surface area contributed by atoms with Crippen LogP contribution >= 0.6 is 11.9 Å². The van der Waals surface area contributed by atoms with Crippen LogP contribution in [0.25, 0.3) is 0 Å². The number of carboxylic acids is 1. The van der Waals surface area contributed by atoms with Crippen molar-refractivity contribution in [1.82, 2.24) is 5.32 Å². The van der Waals surface area contributed by atoms with Crippen molar-refractivity contribution in [3.63, 3.8) is 0 Å². The number of rotatable bonds is 9. The Morgan fingerprint density at radius 3 is 2.93 bits per heavy atom. The van der Waals surface area contributed by atoms with E-state index < -0.39 is 12.0 Å². The molecule has 5 nitrogen and oxygen atoms in total. The summed E-state index contributed by atoms with van der Waals surface area (Å²) in [5.41, 5.74) is 5.33. The van der Waals surface area contributed by atoms with Crippen LogP contribution in [-0.2, 0) is 4.79 Å². The smallest absolute Gasteiger partial charge is 0.326 e. The lowest BCUT2D eigenvalue weighted by Gasteiger charge is -2.11. The summed E-state index contributed by atoms with van der Waals surface area (Å²) in [7, 11) is 0. The average Bonchev–Trinajstić information content (AvgIpc) is 2.21. The summed E-state index contributed by atoms with van der Waals surface area (Å²) in [4.78, 5) is 10.8. The van der Waals surface area contributed by atoms with Crippen LogP contribution in [0.4, 0.5) is 0 Å². The Morgan fingerprint density at radius 1 is 1.67 bits per heavy atom. The summed E-state index contributed by atoms with van der Waals surface area (Å²) >= 11 is 1.38. The van der Waals surface area contributed by atoms with Gasteiger partial charge in [-0.2, -0.15) is 0 Å². The van der Waals surface area contributed by atoms with Gasteiger partial charge in [0.05, 0.1) is 6.34 Å². The molecule has 88 valence electrons. The number of aliphatic carboxylic acids is 1. The zero-order valence-electron chi connectivity index (χ0n) is 8.98. The second-order valence-corrected chi connectivity index (χ2v) is 4.04. The first kappa shape index (κ1) is 14.2. The molecule has 1 atom stereocenters. The summed E-state index contributed by atoms with van der Waals surface area (Å²) in [6.45, 7) is 2.59. The Bertz CT molecular complexity index is 200. The van der Waals surface area contributed by atoms with E-state index in [1.807, 2.05) is 6.92 Å². The summed E-state index contributed by atoms with van der Waals surface area (Å²) in [6, 6.07) is -0.558. The minimum absolute atomic E-state index is 0.558. The number of nitrogens with one attached hydrogen (secondary N) is 1. The van der Waals surface area contributed by atoms with Gasteiger partial charge in [0, 0.05) is 5.75 Å². The molecule has 0 radical (unpaired) electrons. The lowest BCUT2D eigenvalue weighted by Crippen LogP contribution is -2.35. The van der Waals surface area contributed by atoms with Crippen LogP contribution < -0.4 is 11.1 Å². The fraction of sp³-hybridized carbons (Fsp3) is 0.778. The molecule has 0 aliphatic rings. The molecule has 0 aromatic rings. The van der Waals surface area contributed by atoms with E-state index in [2.05, 4.69) is 9.71 Å². The maximum Gasteiger partial charge on any atom is 0.326 e. The summed E-state index contributed by atoms with van der Waals surface area (Å²) < 4.78 is 3.93. The Balaban J connectivity index is 3.78. The van der Waals surface area contributed by atoms with Crippen molar-refractivity contribution in [3.8, 4) is 0 Å². The van der Waals surface area contributed by atoms with E-state index in [4.69, 9.17) is 10.8 Å². The van der Waals surface area contributed by atoms with Crippen molar-refractivity contribution in [3.05, 3.63) is 0 Å². The number of hydrogen-bond acceptors (Lipinski definition) is 4. The largest absolute Gasteiger partial charge is 0.480 e. The van der Waals surface area contributed by atoms with Crippen molar-refractivity contribution in [2.75, 3.05) is 12.3 Å². The molecule has 0 saturated carbocycles. The first-order valence-corrected chi connectivity index (χ1v) is 5.99. The van der Waals surface area contributed by atoms with E-state index >= 15 is 0 Å². The Morgan fingerprint density at radius 2 is 2.40 bits per heavy atom. The van der Waals surface area contributed by atoms with Gasteiger partial charge in [0.1, 0.15) is 6.04 Å². The van der Waals surface area contributed by atoms with E-state index in [-0.39, 0.29) is 0 Å². The van der Waals surface area contributed by atoms with Gasteiger partial charge in [0.25, 0.3) is 0 Å². The highest BCUT2D eigenvalue weighted by molar-refractivity contribution is 7.98. The van der Waals surface area contributed by atoms with E-state index in [0.717, 1.165) is 18.6 Å². The van der Waals surface area contributed by atoms with Gasteiger partial charge in [-0.25, -0.2) is 9.19 Å². The molecule has 0 bridgehead atoms. The number of nitrogens with zero attached hydrogens (tertiary/aromatic N) is 1. The van der Waals surface area contributed by atoms with Gasteiger partial charge in [0.2, 0.25) is 0 Å². The number of hydrogen-bond donors (Lipinski definition) is 3. The van der Waals surface area contributed by atoms with Crippen LogP contribution in [0.3, 0.4) is 0 Å². The molecule has 0 fully saturated rings. The third-order valence-electron chi connectivity index (χ3n) is 1.78. The highest BCUT2D eigenvalue weighted by Crippen LogP contribution is 2.01. The summed E-state index contributed by atoms with van der Waals surface area (Å²) in [5, 5.41) is 11.6. The Labute approximate surface area is 94.7 Å². The van der Waals surface area contributed by atoms with Gasteiger partial charge in [-0.05, 0) is 37.8 Å². The van der Waals surface area contributed by atoms with Crippen LogP contribution in [0, 0.1) is 0 Å². The molecule has 0 spiro atoms. The standard InChI is InChI=1S/C9H19N3O2S/c1-2-15-12-7-11-8(9(13)14)5-3-4-6-10/h7-8H,2-6,10H2,1H3,(H,11,12)(H,13,14)/t8-/m0/s1. The number of unbranched alkanes of at least 4 members (excludes halogenated alkanes) is 1. The van der Waals surface area contributed by atoms with Crippen LogP contribution in [0.5, 0.6) is 0 Å². The SMILES string of the molecule is CCSN=CN[C@@H](CCCCN)C(=O)O. The van der Waals surface area contributed by atoms with Gasteiger partial charge in [-0.3, -0.25) is 0 Å². The molecule has 0 heterocycles. The van der Waals surface area contributed by atoms with Gasteiger partial charge >= 0.3 is 5.97 Å². The van der Waals surface area contributed by atoms with E-state index in [9.17, 15) is 4.79 Å². The van der Waals surface area contributed by atoms with E-state index in [0.29, 0.717) is 13.0 Å². The molecule has 0 saturated heterocycles. The highest BCUT2D eigenvalue weighted by atomic mass is 32.2. The van der Waals surface area contributed by atoms with Gasteiger partial charge < -0.3 is 16.2 Å². The lowest BCUT2D eigenvalue weighted by molar-refractivity contribution is -0.139. The normalized spacial score (nSPS) is 12.9. The first-order valence-electron chi connectivity index (χ1n) is 5.05. The minimum atomic E-state index is -0.847. The van der Waals surface area contributed by atoms with Gasteiger partial charge in [-0.1, -0.05) is 6.92 Å². The zero-order chi connectivity index (χ0) is 11.5. The number of nitrogens with two attached hydrogens (primary N) is 1. The predicted molar refractivity (Wildman–Crippen MR) is 64.1 cm³/mol. The fourth-order valence-corrected chi connectivity index (χ4v) is 1.29. The van der Waals surface area contributed by atoms with Crippen molar-refractivity contribution >= 4 is 24.3 Å².